The van der Waals surface area contributed by atoms with E-state index < -0.39 is 0 Å². The summed E-state index contributed by atoms with van der Waals surface area (Å²) in [5, 5.41) is 15.4. The molecule has 0 amide bonds. The number of unbranched alkanes of at least 4 members (excludes halogenated alkanes) is 1. The fourth-order valence-corrected chi connectivity index (χ4v) is 3.06. The zero-order valence-electron chi connectivity index (χ0n) is 16.7. The summed E-state index contributed by atoms with van der Waals surface area (Å²) in [5.41, 5.74) is 0. The molecule has 2 rings (SSSR count). The van der Waals surface area contributed by atoms with Crippen molar-refractivity contribution in [2.75, 3.05) is 19.6 Å². The van der Waals surface area contributed by atoms with E-state index in [1.165, 1.54) is 6.42 Å². The largest absolute Gasteiger partial charge is 0.356 e. The standard InChI is InChI=1S/C18H35N7/c1-7-8-9-19-18(20-10-17-23-22-15(5)24(17)6)21-16-12-25(13(2)3)11-14(16)4/h13-14,16H,7-12H2,1-6H3,(H2,19,20,21). The van der Waals surface area contributed by atoms with Crippen LogP contribution in [0, 0.1) is 12.8 Å². The summed E-state index contributed by atoms with van der Waals surface area (Å²) >= 11 is 0. The smallest absolute Gasteiger partial charge is 0.191 e. The Morgan fingerprint density at radius 2 is 2.08 bits per heavy atom. The van der Waals surface area contributed by atoms with Crippen LogP contribution >= 0.6 is 0 Å². The molecule has 7 heteroatoms. The minimum atomic E-state index is 0.427. The van der Waals surface area contributed by atoms with E-state index in [4.69, 9.17) is 4.99 Å². The minimum Gasteiger partial charge on any atom is -0.356 e. The molecule has 0 bridgehead atoms. The second kappa shape index (κ2) is 9.17. The van der Waals surface area contributed by atoms with Crippen LogP contribution in [0.4, 0.5) is 0 Å². The Hall–Kier alpha value is -1.63. The van der Waals surface area contributed by atoms with Crippen molar-refractivity contribution in [3.63, 3.8) is 0 Å². The molecule has 1 fully saturated rings. The molecular formula is C18H35N7. The molecule has 2 unspecified atom stereocenters. The van der Waals surface area contributed by atoms with Crippen LogP contribution in [0.3, 0.4) is 0 Å². The van der Waals surface area contributed by atoms with Gasteiger partial charge in [-0.1, -0.05) is 20.3 Å². The van der Waals surface area contributed by atoms with Gasteiger partial charge in [-0.3, -0.25) is 4.90 Å². The van der Waals surface area contributed by atoms with Crippen molar-refractivity contribution in [2.45, 2.75) is 66.1 Å². The third-order valence-electron chi connectivity index (χ3n) is 5.08. The number of nitrogens with one attached hydrogen (secondary N) is 2. The number of guanidine groups is 1. The fraction of sp³-hybridized carbons (Fsp3) is 0.833. The number of aromatic nitrogens is 3. The highest BCUT2D eigenvalue weighted by atomic mass is 15.3. The molecule has 1 aliphatic heterocycles. The molecular weight excluding hydrogens is 314 g/mol. The van der Waals surface area contributed by atoms with Crippen LogP contribution in [0.2, 0.25) is 0 Å². The molecule has 2 heterocycles. The van der Waals surface area contributed by atoms with Gasteiger partial charge in [-0.15, -0.1) is 10.2 Å². The fourth-order valence-electron chi connectivity index (χ4n) is 3.06. The van der Waals surface area contributed by atoms with E-state index in [0.717, 1.165) is 43.7 Å². The molecule has 1 saturated heterocycles. The molecule has 1 aromatic heterocycles. The van der Waals surface area contributed by atoms with Gasteiger partial charge >= 0.3 is 0 Å². The van der Waals surface area contributed by atoms with Crippen LogP contribution in [0.5, 0.6) is 0 Å². The molecule has 0 aliphatic carbocycles. The van der Waals surface area contributed by atoms with Gasteiger partial charge in [-0.2, -0.15) is 0 Å². The van der Waals surface area contributed by atoms with Gasteiger partial charge in [-0.05, 0) is 33.1 Å². The van der Waals surface area contributed by atoms with E-state index in [0.29, 0.717) is 24.5 Å². The second-order valence-electron chi connectivity index (χ2n) is 7.44. The molecule has 25 heavy (non-hydrogen) atoms. The van der Waals surface area contributed by atoms with Crippen LogP contribution in [-0.4, -0.2) is 57.3 Å². The summed E-state index contributed by atoms with van der Waals surface area (Å²) in [6.07, 6.45) is 2.31. The summed E-state index contributed by atoms with van der Waals surface area (Å²) in [6, 6.07) is 1.01. The Morgan fingerprint density at radius 1 is 1.32 bits per heavy atom. The minimum absolute atomic E-state index is 0.427. The maximum Gasteiger partial charge on any atom is 0.191 e. The Labute approximate surface area is 152 Å². The lowest BCUT2D eigenvalue weighted by molar-refractivity contribution is 0.265. The first kappa shape index (κ1) is 19.7. The summed E-state index contributed by atoms with van der Waals surface area (Å²) in [5.74, 6) is 3.29. The highest BCUT2D eigenvalue weighted by molar-refractivity contribution is 5.80. The van der Waals surface area contributed by atoms with Gasteiger partial charge in [0.15, 0.2) is 11.8 Å². The van der Waals surface area contributed by atoms with Crippen molar-refractivity contribution in [3.05, 3.63) is 11.6 Å². The molecule has 0 saturated carbocycles. The van der Waals surface area contributed by atoms with Gasteiger partial charge in [0.2, 0.25) is 0 Å². The maximum atomic E-state index is 4.76. The van der Waals surface area contributed by atoms with Crippen molar-refractivity contribution in [1.82, 2.24) is 30.3 Å². The summed E-state index contributed by atoms with van der Waals surface area (Å²) in [6.45, 7) is 14.7. The number of aliphatic imine (C=N–C) groups is 1. The van der Waals surface area contributed by atoms with Crippen molar-refractivity contribution >= 4 is 5.96 Å². The van der Waals surface area contributed by atoms with Crippen LogP contribution in [0.1, 0.15) is 52.2 Å². The Morgan fingerprint density at radius 3 is 2.64 bits per heavy atom. The summed E-state index contributed by atoms with van der Waals surface area (Å²) in [7, 11) is 1.98. The highest BCUT2D eigenvalue weighted by Crippen LogP contribution is 2.18. The number of hydrogen-bond donors (Lipinski definition) is 2. The SMILES string of the molecule is CCCCNC(=NCc1nnc(C)n1C)NC1CN(C(C)C)CC1C. The first-order chi connectivity index (χ1) is 11.9. The normalized spacial score (nSPS) is 22.0. The predicted molar refractivity (Wildman–Crippen MR) is 103 cm³/mol. The topological polar surface area (TPSA) is 70.4 Å². The van der Waals surface area contributed by atoms with Gasteiger partial charge in [0.05, 0.1) is 0 Å². The Kier molecular flexibility index (Phi) is 7.23. The molecule has 7 nitrogen and oxygen atoms in total. The Bertz CT molecular complexity index is 564. The Balaban J connectivity index is 2.02. The van der Waals surface area contributed by atoms with Gasteiger partial charge in [0, 0.05) is 38.8 Å². The zero-order chi connectivity index (χ0) is 18.4. The molecule has 1 aromatic rings. The van der Waals surface area contributed by atoms with Crippen molar-refractivity contribution in [3.8, 4) is 0 Å². The average molecular weight is 350 g/mol. The molecule has 142 valence electrons. The maximum absolute atomic E-state index is 4.76. The van der Waals surface area contributed by atoms with Gasteiger partial charge in [0.1, 0.15) is 12.4 Å². The summed E-state index contributed by atoms with van der Waals surface area (Å²) in [4.78, 5) is 7.29. The average Bonchev–Trinajstić information content (AvgIpc) is 3.09. The first-order valence-corrected chi connectivity index (χ1v) is 9.56. The van der Waals surface area contributed by atoms with Crippen molar-refractivity contribution in [2.24, 2.45) is 18.0 Å². The molecule has 2 N–H and O–H groups in total. The molecule has 0 radical (unpaired) electrons. The molecule has 2 atom stereocenters. The van der Waals surface area contributed by atoms with E-state index in [1.807, 2.05) is 18.5 Å². The molecule has 1 aliphatic rings. The zero-order valence-corrected chi connectivity index (χ0v) is 16.7. The van der Waals surface area contributed by atoms with Crippen LogP contribution in [-0.2, 0) is 13.6 Å². The lowest BCUT2D eigenvalue weighted by atomic mass is 10.1. The van der Waals surface area contributed by atoms with Crippen molar-refractivity contribution in [1.29, 1.82) is 0 Å². The van der Waals surface area contributed by atoms with Crippen LogP contribution < -0.4 is 10.6 Å². The van der Waals surface area contributed by atoms with E-state index >= 15 is 0 Å². The quantitative estimate of drug-likeness (QED) is 0.445. The van der Waals surface area contributed by atoms with Crippen LogP contribution in [0.25, 0.3) is 0 Å². The number of nitrogens with zero attached hydrogens (tertiary/aromatic N) is 5. The number of likely N-dealkylation sites (tertiary alicyclic amines) is 1. The van der Waals surface area contributed by atoms with Gasteiger partial charge in [-0.25, -0.2) is 4.99 Å². The van der Waals surface area contributed by atoms with Gasteiger partial charge in [0.25, 0.3) is 0 Å². The van der Waals surface area contributed by atoms with Crippen LogP contribution in [0.15, 0.2) is 4.99 Å². The highest BCUT2D eigenvalue weighted by Gasteiger charge is 2.31. The lowest BCUT2D eigenvalue weighted by Gasteiger charge is -2.22. The third-order valence-corrected chi connectivity index (χ3v) is 5.08. The van der Waals surface area contributed by atoms with Crippen molar-refractivity contribution < 1.29 is 0 Å². The molecule has 0 spiro atoms. The summed E-state index contributed by atoms with van der Waals surface area (Å²) < 4.78 is 1.99. The number of rotatable bonds is 7. The van der Waals surface area contributed by atoms with E-state index in [-0.39, 0.29) is 0 Å². The molecule has 0 aromatic carbocycles. The van der Waals surface area contributed by atoms with E-state index in [1.54, 1.807) is 0 Å². The monoisotopic (exact) mass is 349 g/mol. The first-order valence-electron chi connectivity index (χ1n) is 9.56. The van der Waals surface area contributed by atoms with E-state index in [2.05, 4.69) is 53.4 Å². The van der Waals surface area contributed by atoms with E-state index in [9.17, 15) is 0 Å². The number of aryl methyl sites for hydroxylation is 1. The number of hydrogen-bond acceptors (Lipinski definition) is 4. The van der Waals surface area contributed by atoms with Gasteiger partial charge < -0.3 is 15.2 Å². The third kappa shape index (κ3) is 5.42. The predicted octanol–water partition coefficient (Wildman–Crippen LogP) is 1.69. The second-order valence-corrected chi connectivity index (χ2v) is 7.44. The lowest BCUT2D eigenvalue weighted by Crippen LogP contribution is -2.47.